The number of alkyl carbamates (subject to hydrolysis) is 2. The highest BCUT2D eigenvalue weighted by atomic mass is 16.5. The van der Waals surface area contributed by atoms with Crippen molar-refractivity contribution in [2.75, 3.05) is 51.2 Å². The first kappa shape index (κ1) is 42.1. The van der Waals surface area contributed by atoms with Crippen LogP contribution >= 0.6 is 0 Å². The SMILES string of the molecule is COC(=O)N[C@H](C(=O)N1CCC[C@H]1c1ncc(-c2ccc3c(c2)CN(C)c2ccc(-c4cnc([C@@H]5CCCN5C(=O)[C@@H](NC(=O)OC)C(C)C)[nH]4)cc2N(C)C3)[nH]1)C(C)C. The van der Waals surface area contributed by atoms with Gasteiger partial charge in [0.1, 0.15) is 23.7 Å². The lowest BCUT2D eigenvalue weighted by Crippen LogP contribution is -2.51. The molecule has 4 amide bonds. The molecule has 2 aromatic heterocycles. The summed E-state index contributed by atoms with van der Waals surface area (Å²) in [6.45, 7) is 10.2. The Bertz CT molecular complexity index is 2220. The summed E-state index contributed by atoms with van der Waals surface area (Å²) in [6, 6.07) is 11.1. The number of hydrogen-bond acceptors (Lipinski definition) is 10. The molecule has 4 atom stereocenters. The molecule has 0 aliphatic carbocycles. The van der Waals surface area contributed by atoms with E-state index >= 15 is 0 Å². The number of likely N-dealkylation sites (tertiary alicyclic amines) is 2. The minimum absolute atomic E-state index is 0.110. The Labute approximate surface area is 351 Å². The number of anilines is 2. The summed E-state index contributed by atoms with van der Waals surface area (Å²) in [4.78, 5) is 76.2. The van der Waals surface area contributed by atoms with E-state index in [0.717, 1.165) is 71.2 Å². The van der Waals surface area contributed by atoms with E-state index in [1.807, 2.05) is 49.9 Å². The molecule has 2 fully saturated rings. The summed E-state index contributed by atoms with van der Waals surface area (Å²) in [7, 11) is 6.80. The number of carbonyl (C=O) groups excluding carboxylic acids is 4. The minimum atomic E-state index is -0.696. The number of nitrogens with zero attached hydrogens (tertiary/aromatic N) is 6. The third kappa shape index (κ3) is 8.50. The van der Waals surface area contributed by atoms with Crippen molar-refractivity contribution in [3.05, 3.63) is 71.6 Å². The molecule has 7 rings (SSSR count). The smallest absolute Gasteiger partial charge is 0.407 e. The number of H-pyrrole nitrogens is 2. The number of imidazole rings is 2. The molecule has 0 unspecified atom stereocenters. The van der Waals surface area contributed by atoms with Gasteiger partial charge < -0.3 is 49.7 Å². The van der Waals surface area contributed by atoms with Gasteiger partial charge in [-0.15, -0.1) is 0 Å². The lowest BCUT2D eigenvalue weighted by Gasteiger charge is -2.33. The Morgan fingerprint density at radius 3 is 1.63 bits per heavy atom. The fourth-order valence-corrected chi connectivity index (χ4v) is 8.79. The molecule has 16 nitrogen and oxygen atoms in total. The summed E-state index contributed by atoms with van der Waals surface area (Å²) in [5, 5.41) is 5.43. The largest absolute Gasteiger partial charge is 0.453 e. The molecule has 0 saturated carbocycles. The molecule has 0 radical (unpaired) electrons. The van der Waals surface area contributed by atoms with Crippen LogP contribution in [0.4, 0.5) is 21.0 Å². The van der Waals surface area contributed by atoms with Gasteiger partial charge in [-0.25, -0.2) is 19.6 Å². The average Bonchev–Trinajstić information content (AvgIpc) is 4.08. The first-order valence-electron chi connectivity index (χ1n) is 20.9. The monoisotopic (exact) mass is 822 g/mol. The van der Waals surface area contributed by atoms with Crippen LogP contribution in [0.1, 0.15) is 88.2 Å². The molecule has 3 aliphatic rings. The topological polar surface area (TPSA) is 181 Å². The Morgan fingerprint density at radius 1 is 0.667 bits per heavy atom. The van der Waals surface area contributed by atoms with Crippen molar-refractivity contribution in [1.29, 1.82) is 0 Å². The summed E-state index contributed by atoms with van der Waals surface area (Å²) in [5.74, 6) is 0.961. The molecule has 0 bridgehead atoms. The molecule has 4 N–H and O–H groups in total. The van der Waals surface area contributed by atoms with Gasteiger partial charge in [-0.05, 0) is 72.4 Å². The number of aromatic nitrogens is 4. The number of rotatable bonds is 10. The van der Waals surface area contributed by atoms with E-state index in [4.69, 9.17) is 19.4 Å². The van der Waals surface area contributed by atoms with Gasteiger partial charge in [0, 0.05) is 45.8 Å². The second kappa shape index (κ2) is 17.7. The molecule has 3 aliphatic heterocycles. The van der Waals surface area contributed by atoms with Crippen LogP contribution in [-0.4, -0.2) is 107 Å². The standard InChI is InChI=1S/C44H58N10O6/c1-25(2)37(49-43(57)59-7)41(55)53-17-9-11-34(53)39-45-21-31(47-39)27-13-14-29-23-52(6)36-20-28(15-16-33(36)51(5)24-30(29)19-27)32-22-46-40(48-32)35-12-10-18-54(35)42(56)38(26(3)4)50-44(58)60-8/h13-16,19-22,25-26,34-35,37-38H,9-12,17-18,23-24H2,1-8H3,(H,45,47)(H,46,48)(H,49,57)(H,50,58)/t34-,35-,37-,38-/m0/s1. The van der Waals surface area contributed by atoms with Gasteiger partial charge in [0.05, 0.1) is 61.5 Å². The van der Waals surface area contributed by atoms with Crippen LogP contribution in [0.15, 0.2) is 48.8 Å². The van der Waals surface area contributed by atoms with E-state index in [1.165, 1.54) is 25.3 Å². The summed E-state index contributed by atoms with van der Waals surface area (Å²) in [6.07, 6.45) is 5.68. The highest BCUT2D eigenvalue weighted by Crippen LogP contribution is 2.39. The van der Waals surface area contributed by atoms with E-state index in [1.54, 1.807) is 0 Å². The molecule has 60 heavy (non-hydrogen) atoms. The zero-order valence-corrected chi connectivity index (χ0v) is 35.9. The van der Waals surface area contributed by atoms with Crippen molar-refractivity contribution >= 4 is 35.4 Å². The number of amides is 4. The third-order valence-electron chi connectivity index (χ3n) is 12.1. The Kier molecular flexibility index (Phi) is 12.4. The van der Waals surface area contributed by atoms with Crippen LogP contribution in [0.25, 0.3) is 22.5 Å². The van der Waals surface area contributed by atoms with Crippen molar-refractivity contribution in [3.63, 3.8) is 0 Å². The second-order valence-corrected chi connectivity index (χ2v) is 16.9. The van der Waals surface area contributed by atoms with Crippen molar-refractivity contribution < 1.29 is 28.7 Å². The lowest BCUT2D eigenvalue weighted by molar-refractivity contribution is -0.136. The third-order valence-corrected chi connectivity index (χ3v) is 12.1. The molecule has 16 heteroatoms. The van der Waals surface area contributed by atoms with Crippen molar-refractivity contribution in [2.24, 2.45) is 11.8 Å². The highest BCUT2D eigenvalue weighted by molar-refractivity contribution is 5.87. The molecule has 2 aromatic carbocycles. The van der Waals surface area contributed by atoms with Crippen LogP contribution < -0.4 is 20.4 Å². The van der Waals surface area contributed by atoms with E-state index in [2.05, 4.69) is 80.9 Å². The number of methoxy groups -OCH3 is 2. The van der Waals surface area contributed by atoms with Gasteiger partial charge in [0.2, 0.25) is 11.8 Å². The number of hydrogen-bond donors (Lipinski definition) is 4. The maximum absolute atomic E-state index is 13.7. The van der Waals surface area contributed by atoms with Gasteiger partial charge in [-0.2, -0.15) is 0 Å². The van der Waals surface area contributed by atoms with Crippen LogP contribution in [0.2, 0.25) is 0 Å². The number of benzene rings is 2. The molecule has 320 valence electrons. The van der Waals surface area contributed by atoms with Gasteiger partial charge >= 0.3 is 12.2 Å². The zero-order valence-electron chi connectivity index (χ0n) is 35.9. The van der Waals surface area contributed by atoms with Crippen LogP contribution in [0, 0.1) is 11.8 Å². The number of aromatic amines is 2. The number of ether oxygens (including phenoxy) is 2. The first-order chi connectivity index (χ1) is 28.8. The van der Waals surface area contributed by atoms with E-state index in [0.29, 0.717) is 26.2 Å². The second-order valence-electron chi connectivity index (χ2n) is 16.9. The predicted molar refractivity (Wildman–Crippen MR) is 228 cm³/mol. The molecule has 5 heterocycles. The fraction of sp³-hybridized carbons (Fsp3) is 0.500. The first-order valence-corrected chi connectivity index (χ1v) is 20.9. The number of nitrogens with one attached hydrogen (secondary N) is 4. The van der Waals surface area contributed by atoms with Gasteiger partial charge in [0.25, 0.3) is 0 Å². The Morgan fingerprint density at radius 2 is 1.13 bits per heavy atom. The highest BCUT2D eigenvalue weighted by Gasteiger charge is 2.39. The van der Waals surface area contributed by atoms with Crippen molar-refractivity contribution in [1.82, 2.24) is 40.4 Å². The van der Waals surface area contributed by atoms with Crippen molar-refractivity contribution in [2.45, 2.75) is 90.6 Å². The Balaban J connectivity index is 1.06. The van der Waals surface area contributed by atoms with E-state index in [9.17, 15) is 19.2 Å². The van der Waals surface area contributed by atoms with Crippen molar-refractivity contribution in [3.8, 4) is 22.5 Å². The predicted octanol–water partition coefficient (Wildman–Crippen LogP) is 6.14. The van der Waals surface area contributed by atoms with Crippen LogP contribution in [-0.2, 0) is 32.2 Å². The molecule has 0 spiro atoms. The average molecular weight is 823 g/mol. The lowest BCUT2D eigenvalue weighted by atomic mass is 9.99. The molecular weight excluding hydrogens is 765 g/mol. The summed E-state index contributed by atoms with van der Waals surface area (Å²) in [5.41, 5.74) is 8.35. The maximum Gasteiger partial charge on any atom is 0.407 e. The van der Waals surface area contributed by atoms with E-state index in [-0.39, 0.29) is 35.7 Å². The zero-order chi connectivity index (χ0) is 42.8. The van der Waals surface area contributed by atoms with Gasteiger partial charge in [-0.1, -0.05) is 45.9 Å². The minimum Gasteiger partial charge on any atom is -0.453 e. The number of fused-ring (bicyclic) bond motifs is 2. The quantitative estimate of drug-likeness (QED) is 0.145. The molecule has 4 aromatic rings. The summed E-state index contributed by atoms with van der Waals surface area (Å²) >= 11 is 0. The Hall–Kier alpha value is -6.06. The van der Waals surface area contributed by atoms with Gasteiger partial charge in [-0.3, -0.25) is 9.59 Å². The fourth-order valence-electron chi connectivity index (χ4n) is 8.79. The van der Waals surface area contributed by atoms with E-state index < -0.39 is 24.3 Å². The molecule has 2 saturated heterocycles. The van der Waals surface area contributed by atoms with Gasteiger partial charge in [0.15, 0.2) is 0 Å². The van der Waals surface area contributed by atoms with Crippen LogP contribution in [0.3, 0.4) is 0 Å². The summed E-state index contributed by atoms with van der Waals surface area (Å²) < 4.78 is 9.58. The number of carbonyl (C=O) groups is 4. The normalized spacial score (nSPS) is 18.8. The maximum atomic E-state index is 13.7. The van der Waals surface area contributed by atoms with Crippen LogP contribution in [0.5, 0.6) is 0 Å². The molecular formula is C44H58N10O6.